The van der Waals surface area contributed by atoms with E-state index in [1.807, 2.05) is 31.2 Å². The number of fused-ring (bicyclic) bond motifs is 2. The second kappa shape index (κ2) is 5.99. The maximum atomic E-state index is 10.9. The zero-order valence-corrected chi connectivity index (χ0v) is 15.2. The van der Waals surface area contributed by atoms with Crippen molar-refractivity contribution in [1.29, 1.82) is 0 Å². The van der Waals surface area contributed by atoms with Crippen LogP contribution in [0.15, 0.2) is 30.3 Å². The number of hydrogen-bond acceptors (Lipinski definition) is 6. The van der Waals surface area contributed by atoms with E-state index in [1.165, 1.54) is 0 Å². The van der Waals surface area contributed by atoms with Crippen LogP contribution in [-0.4, -0.2) is 31.9 Å². The van der Waals surface area contributed by atoms with Crippen molar-refractivity contribution < 1.29 is 28.8 Å². The molecule has 2 heterocycles. The average Bonchev–Trinajstić information content (AvgIpc) is 3.08. The largest absolute Gasteiger partial charge is 0.497 e. The van der Waals surface area contributed by atoms with Crippen molar-refractivity contribution in [2.24, 2.45) is 5.92 Å². The van der Waals surface area contributed by atoms with Crippen molar-refractivity contribution in [2.75, 3.05) is 21.0 Å². The molecule has 2 aliphatic rings. The molecule has 6 heteroatoms. The van der Waals surface area contributed by atoms with E-state index in [-0.39, 0.29) is 18.6 Å². The molecule has 26 heavy (non-hydrogen) atoms. The summed E-state index contributed by atoms with van der Waals surface area (Å²) in [5.74, 6) is 1.58. The zero-order chi connectivity index (χ0) is 18.5. The van der Waals surface area contributed by atoms with Crippen LogP contribution in [0.4, 0.5) is 0 Å². The predicted octanol–water partition coefficient (Wildman–Crippen LogP) is 3.30. The molecule has 1 unspecified atom stereocenters. The summed E-state index contributed by atoms with van der Waals surface area (Å²) in [7, 11) is 3.24. The minimum atomic E-state index is -1.34. The fraction of sp³-hybridized carbons (Fsp3) is 0.400. The summed E-state index contributed by atoms with van der Waals surface area (Å²) >= 11 is 0. The van der Waals surface area contributed by atoms with Crippen molar-refractivity contribution >= 4 is 0 Å². The standard InChI is InChI=1S/C20H22O6/c1-11-19(13-6-5-12(22-3)7-15(13)23-4)14-8-17-18(25-10-24-17)9-16(14)26-20(11,2)21/h5-9,11,19,21H,10H2,1-4H3/t11-,19+,20?/m0/s1. The van der Waals surface area contributed by atoms with E-state index in [2.05, 4.69) is 0 Å². The van der Waals surface area contributed by atoms with Gasteiger partial charge in [-0.05, 0) is 12.1 Å². The maximum absolute atomic E-state index is 10.9. The SMILES string of the molecule is COc1ccc([C@@H]2c3cc4c(cc3OC(C)(O)[C@H]2C)OCO4)c(OC)c1. The van der Waals surface area contributed by atoms with Gasteiger partial charge in [-0.1, -0.05) is 13.0 Å². The molecule has 3 atom stereocenters. The molecular weight excluding hydrogens is 336 g/mol. The normalized spacial score (nSPS) is 26.0. The van der Waals surface area contributed by atoms with Gasteiger partial charge in [0.2, 0.25) is 12.6 Å². The molecule has 0 radical (unpaired) electrons. The van der Waals surface area contributed by atoms with Crippen LogP contribution in [0.3, 0.4) is 0 Å². The number of benzene rings is 2. The van der Waals surface area contributed by atoms with E-state index in [1.54, 1.807) is 27.2 Å². The van der Waals surface area contributed by atoms with Gasteiger partial charge in [0, 0.05) is 42.0 Å². The van der Waals surface area contributed by atoms with Crippen molar-refractivity contribution in [2.45, 2.75) is 25.6 Å². The minimum Gasteiger partial charge on any atom is -0.497 e. The van der Waals surface area contributed by atoms with Crippen LogP contribution in [-0.2, 0) is 0 Å². The van der Waals surface area contributed by atoms with Crippen LogP contribution in [0.1, 0.15) is 30.9 Å². The Labute approximate surface area is 152 Å². The predicted molar refractivity (Wildman–Crippen MR) is 94.4 cm³/mol. The Morgan fingerprint density at radius 3 is 2.42 bits per heavy atom. The van der Waals surface area contributed by atoms with Gasteiger partial charge in [-0.15, -0.1) is 0 Å². The number of hydrogen-bond donors (Lipinski definition) is 1. The van der Waals surface area contributed by atoms with E-state index >= 15 is 0 Å². The molecule has 0 saturated heterocycles. The van der Waals surface area contributed by atoms with Crippen LogP contribution >= 0.6 is 0 Å². The molecule has 6 nitrogen and oxygen atoms in total. The molecule has 0 fully saturated rings. The van der Waals surface area contributed by atoms with Gasteiger partial charge in [-0.25, -0.2) is 0 Å². The highest BCUT2D eigenvalue weighted by atomic mass is 16.7. The molecular formula is C20H22O6. The third kappa shape index (κ3) is 2.52. The lowest BCUT2D eigenvalue weighted by Crippen LogP contribution is -2.45. The summed E-state index contributed by atoms with van der Waals surface area (Å²) in [5.41, 5.74) is 1.88. The van der Waals surface area contributed by atoms with Crippen LogP contribution < -0.4 is 23.7 Å². The van der Waals surface area contributed by atoms with Crippen molar-refractivity contribution in [1.82, 2.24) is 0 Å². The first-order valence-electron chi connectivity index (χ1n) is 8.51. The Kier molecular flexibility index (Phi) is 3.88. The van der Waals surface area contributed by atoms with E-state index in [4.69, 9.17) is 23.7 Å². The van der Waals surface area contributed by atoms with Crippen molar-refractivity contribution in [3.63, 3.8) is 0 Å². The lowest BCUT2D eigenvalue weighted by atomic mass is 9.75. The van der Waals surface area contributed by atoms with Gasteiger partial charge in [0.05, 0.1) is 14.2 Å². The molecule has 0 amide bonds. The Morgan fingerprint density at radius 2 is 1.73 bits per heavy atom. The molecule has 0 aliphatic carbocycles. The van der Waals surface area contributed by atoms with Gasteiger partial charge in [0.1, 0.15) is 17.2 Å². The molecule has 138 valence electrons. The Morgan fingerprint density at radius 1 is 1.00 bits per heavy atom. The van der Waals surface area contributed by atoms with Crippen LogP contribution in [0.25, 0.3) is 0 Å². The van der Waals surface area contributed by atoms with Gasteiger partial charge in [0.15, 0.2) is 11.5 Å². The molecule has 4 rings (SSSR count). The van der Waals surface area contributed by atoms with E-state index in [9.17, 15) is 5.11 Å². The summed E-state index contributed by atoms with van der Waals surface area (Å²) in [5, 5.41) is 10.9. The molecule has 0 aromatic heterocycles. The van der Waals surface area contributed by atoms with Gasteiger partial charge < -0.3 is 28.8 Å². The number of rotatable bonds is 3. The Bertz CT molecular complexity index is 844. The Hall–Kier alpha value is -2.60. The summed E-state index contributed by atoms with van der Waals surface area (Å²) in [4.78, 5) is 0. The minimum absolute atomic E-state index is 0.149. The van der Waals surface area contributed by atoms with E-state index in [0.717, 1.165) is 11.1 Å². The van der Waals surface area contributed by atoms with Crippen molar-refractivity contribution in [3.8, 4) is 28.7 Å². The van der Waals surface area contributed by atoms with Crippen LogP contribution in [0.5, 0.6) is 28.7 Å². The molecule has 1 N–H and O–H groups in total. The first kappa shape index (κ1) is 16.8. The topological polar surface area (TPSA) is 66.4 Å². The summed E-state index contributed by atoms with van der Waals surface area (Å²) in [6.45, 7) is 3.82. The molecule has 0 spiro atoms. The maximum Gasteiger partial charge on any atom is 0.231 e. The number of aliphatic hydroxyl groups is 1. The van der Waals surface area contributed by atoms with Crippen LogP contribution in [0.2, 0.25) is 0 Å². The Balaban J connectivity index is 1.90. The third-order valence-electron chi connectivity index (χ3n) is 5.28. The van der Waals surface area contributed by atoms with Gasteiger partial charge >= 0.3 is 0 Å². The fourth-order valence-corrected chi connectivity index (χ4v) is 3.68. The fourth-order valence-electron chi connectivity index (χ4n) is 3.68. The highest BCUT2D eigenvalue weighted by molar-refractivity contribution is 5.58. The molecule has 0 saturated carbocycles. The van der Waals surface area contributed by atoms with Crippen LogP contribution in [0, 0.1) is 5.92 Å². The smallest absolute Gasteiger partial charge is 0.231 e. The summed E-state index contributed by atoms with van der Waals surface area (Å²) in [6.07, 6.45) is 0. The van der Waals surface area contributed by atoms with Gasteiger partial charge in [-0.3, -0.25) is 0 Å². The summed E-state index contributed by atoms with van der Waals surface area (Å²) in [6, 6.07) is 9.41. The van der Waals surface area contributed by atoms with Gasteiger partial charge in [-0.2, -0.15) is 0 Å². The molecule has 2 aromatic carbocycles. The lowest BCUT2D eigenvalue weighted by Gasteiger charge is -2.42. The lowest BCUT2D eigenvalue weighted by molar-refractivity contribution is -0.171. The number of methoxy groups -OCH3 is 2. The first-order chi connectivity index (χ1) is 12.4. The zero-order valence-electron chi connectivity index (χ0n) is 15.2. The second-order valence-corrected chi connectivity index (χ2v) is 6.77. The highest BCUT2D eigenvalue weighted by Crippen LogP contribution is 2.53. The second-order valence-electron chi connectivity index (χ2n) is 6.77. The van der Waals surface area contributed by atoms with E-state index in [0.29, 0.717) is 28.7 Å². The average molecular weight is 358 g/mol. The monoisotopic (exact) mass is 358 g/mol. The number of ether oxygens (including phenoxy) is 5. The summed E-state index contributed by atoms with van der Waals surface area (Å²) < 4.78 is 27.8. The molecule has 2 aromatic rings. The van der Waals surface area contributed by atoms with Crippen molar-refractivity contribution in [3.05, 3.63) is 41.5 Å². The van der Waals surface area contributed by atoms with E-state index < -0.39 is 5.79 Å². The van der Waals surface area contributed by atoms with Gasteiger partial charge in [0.25, 0.3) is 0 Å². The first-order valence-corrected chi connectivity index (χ1v) is 8.51. The molecule has 2 aliphatic heterocycles. The molecule has 0 bridgehead atoms. The highest BCUT2D eigenvalue weighted by Gasteiger charge is 2.45. The third-order valence-corrected chi connectivity index (χ3v) is 5.28. The quantitative estimate of drug-likeness (QED) is 0.908.